The molecule has 0 bridgehead atoms. The van der Waals surface area contributed by atoms with E-state index in [0.29, 0.717) is 19.6 Å². The Morgan fingerprint density at radius 3 is 2.68 bits per heavy atom. The molecular formula is C22H24N4O2. The molecule has 0 unspecified atom stereocenters. The number of amides is 1. The minimum atomic E-state index is -0.272. The van der Waals surface area contributed by atoms with Crippen LogP contribution in [0.15, 0.2) is 67.1 Å². The molecule has 28 heavy (non-hydrogen) atoms. The Kier molecular flexibility index (Phi) is 6.95. The van der Waals surface area contributed by atoms with Crippen molar-refractivity contribution >= 4 is 11.7 Å². The number of nitrogens with zero attached hydrogens (tertiary/aromatic N) is 2. The first-order chi connectivity index (χ1) is 13.7. The van der Waals surface area contributed by atoms with Crippen molar-refractivity contribution in [2.75, 3.05) is 18.9 Å². The minimum Gasteiger partial charge on any atom is -0.494 e. The zero-order chi connectivity index (χ0) is 19.6. The zero-order valence-corrected chi connectivity index (χ0v) is 15.7. The highest BCUT2D eigenvalue weighted by atomic mass is 16.5. The van der Waals surface area contributed by atoms with Gasteiger partial charge >= 0.3 is 0 Å². The molecule has 144 valence electrons. The predicted molar refractivity (Wildman–Crippen MR) is 109 cm³/mol. The van der Waals surface area contributed by atoms with Crippen LogP contribution < -0.4 is 15.8 Å². The van der Waals surface area contributed by atoms with E-state index in [1.165, 1.54) is 18.1 Å². The summed E-state index contributed by atoms with van der Waals surface area (Å²) in [7, 11) is 0. The third-order valence-corrected chi connectivity index (χ3v) is 4.31. The summed E-state index contributed by atoms with van der Waals surface area (Å²) in [5, 5.41) is 2.84. The van der Waals surface area contributed by atoms with E-state index in [4.69, 9.17) is 10.5 Å². The van der Waals surface area contributed by atoms with E-state index in [0.717, 1.165) is 24.2 Å². The van der Waals surface area contributed by atoms with Crippen molar-refractivity contribution in [1.29, 1.82) is 0 Å². The number of benzene rings is 2. The van der Waals surface area contributed by atoms with E-state index < -0.39 is 0 Å². The Hall–Kier alpha value is -3.41. The largest absolute Gasteiger partial charge is 0.494 e. The van der Waals surface area contributed by atoms with E-state index >= 15 is 0 Å². The molecule has 0 spiro atoms. The van der Waals surface area contributed by atoms with Gasteiger partial charge in [-0.05, 0) is 42.5 Å². The Balaban J connectivity index is 1.42. The summed E-state index contributed by atoms with van der Waals surface area (Å²) in [6.07, 6.45) is 5.39. The van der Waals surface area contributed by atoms with Gasteiger partial charge in [0.05, 0.1) is 12.2 Å². The average Bonchev–Trinajstić information content (AvgIpc) is 2.72. The highest BCUT2D eigenvalue weighted by molar-refractivity contribution is 5.97. The van der Waals surface area contributed by atoms with Crippen molar-refractivity contribution in [2.45, 2.75) is 19.3 Å². The lowest BCUT2D eigenvalue weighted by atomic mass is 10.1. The van der Waals surface area contributed by atoms with Crippen LogP contribution in [0.5, 0.6) is 5.75 Å². The SMILES string of the molecule is Nc1ncncc1C(=O)NCCc1cccc(OCCCc2ccccc2)c1. The van der Waals surface area contributed by atoms with Crippen LogP contribution in [-0.4, -0.2) is 29.0 Å². The molecular weight excluding hydrogens is 352 g/mol. The molecule has 3 rings (SSSR count). The number of nitrogens with one attached hydrogen (secondary N) is 1. The van der Waals surface area contributed by atoms with Gasteiger partial charge in [-0.1, -0.05) is 42.5 Å². The number of ether oxygens (including phenoxy) is 1. The maximum Gasteiger partial charge on any atom is 0.256 e. The number of aromatic nitrogens is 2. The molecule has 1 amide bonds. The molecule has 0 saturated carbocycles. The number of nitrogen functional groups attached to an aromatic ring is 1. The molecule has 3 N–H and O–H groups in total. The predicted octanol–water partition coefficient (Wildman–Crippen LogP) is 3.04. The van der Waals surface area contributed by atoms with Crippen LogP contribution >= 0.6 is 0 Å². The highest BCUT2D eigenvalue weighted by Gasteiger charge is 2.10. The maximum absolute atomic E-state index is 12.1. The number of carbonyl (C=O) groups is 1. The summed E-state index contributed by atoms with van der Waals surface area (Å²) in [6, 6.07) is 18.3. The number of hydrogen-bond donors (Lipinski definition) is 2. The van der Waals surface area contributed by atoms with E-state index in [9.17, 15) is 4.79 Å². The fourth-order valence-corrected chi connectivity index (χ4v) is 2.83. The van der Waals surface area contributed by atoms with Crippen LogP contribution in [0.25, 0.3) is 0 Å². The number of carbonyl (C=O) groups excluding carboxylic acids is 1. The summed E-state index contributed by atoms with van der Waals surface area (Å²) in [4.78, 5) is 19.8. The van der Waals surface area contributed by atoms with Crippen molar-refractivity contribution in [1.82, 2.24) is 15.3 Å². The van der Waals surface area contributed by atoms with E-state index in [-0.39, 0.29) is 17.3 Å². The molecule has 6 nitrogen and oxygen atoms in total. The van der Waals surface area contributed by atoms with E-state index in [1.807, 2.05) is 30.3 Å². The first-order valence-electron chi connectivity index (χ1n) is 9.32. The number of nitrogens with two attached hydrogens (primary N) is 1. The van der Waals surface area contributed by atoms with E-state index in [2.05, 4.69) is 39.6 Å². The molecule has 2 aromatic carbocycles. The van der Waals surface area contributed by atoms with Gasteiger partial charge in [0.25, 0.3) is 5.91 Å². The van der Waals surface area contributed by atoms with Crippen molar-refractivity contribution in [3.05, 3.63) is 83.8 Å². The fraction of sp³-hybridized carbons (Fsp3) is 0.227. The molecule has 0 aliphatic carbocycles. The maximum atomic E-state index is 12.1. The number of anilines is 1. The van der Waals surface area contributed by atoms with Crippen LogP contribution in [0.1, 0.15) is 27.9 Å². The monoisotopic (exact) mass is 376 g/mol. The van der Waals surface area contributed by atoms with Gasteiger partial charge in [-0.2, -0.15) is 0 Å². The van der Waals surface area contributed by atoms with Gasteiger partial charge in [0, 0.05) is 12.7 Å². The summed E-state index contributed by atoms with van der Waals surface area (Å²) >= 11 is 0. The first-order valence-corrected chi connectivity index (χ1v) is 9.32. The van der Waals surface area contributed by atoms with Gasteiger partial charge in [-0.15, -0.1) is 0 Å². The van der Waals surface area contributed by atoms with Crippen LogP contribution in [0, 0.1) is 0 Å². The Labute approximate surface area is 164 Å². The fourth-order valence-electron chi connectivity index (χ4n) is 2.83. The summed E-state index contributed by atoms with van der Waals surface area (Å²) < 4.78 is 5.86. The molecule has 0 aliphatic rings. The van der Waals surface area contributed by atoms with Crippen molar-refractivity contribution in [3.8, 4) is 5.75 Å². The Bertz CT molecular complexity index is 900. The second kappa shape index (κ2) is 10.1. The standard InChI is InChI=1S/C22H24N4O2/c23-21-20(15-24-16-26-21)22(27)25-12-11-18-8-4-10-19(14-18)28-13-5-9-17-6-2-1-3-7-17/h1-4,6-8,10,14-16H,5,9,11-13H2,(H,25,27)(H2,23,24,26). The molecule has 1 heterocycles. The topological polar surface area (TPSA) is 90.1 Å². The quantitative estimate of drug-likeness (QED) is 0.560. The van der Waals surface area contributed by atoms with Crippen LogP contribution in [0.3, 0.4) is 0 Å². The van der Waals surface area contributed by atoms with Gasteiger partial charge in [0.1, 0.15) is 17.9 Å². The molecule has 0 radical (unpaired) electrons. The molecule has 6 heteroatoms. The highest BCUT2D eigenvalue weighted by Crippen LogP contribution is 2.14. The third kappa shape index (κ3) is 5.81. The second-order valence-electron chi connectivity index (χ2n) is 6.41. The van der Waals surface area contributed by atoms with Crippen LogP contribution in [0.4, 0.5) is 5.82 Å². The summed E-state index contributed by atoms with van der Waals surface area (Å²) in [5.74, 6) is 0.752. The lowest BCUT2D eigenvalue weighted by Gasteiger charge is -2.09. The molecule has 1 aromatic heterocycles. The van der Waals surface area contributed by atoms with Crippen molar-refractivity contribution in [2.24, 2.45) is 0 Å². The van der Waals surface area contributed by atoms with Gasteiger partial charge in [-0.3, -0.25) is 4.79 Å². The minimum absolute atomic E-state index is 0.179. The Morgan fingerprint density at radius 1 is 1.04 bits per heavy atom. The summed E-state index contributed by atoms with van der Waals surface area (Å²) in [5.41, 5.74) is 8.40. The molecule has 0 aliphatic heterocycles. The normalized spacial score (nSPS) is 10.4. The number of hydrogen-bond acceptors (Lipinski definition) is 5. The lowest BCUT2D eigenvalue weighted by molar-refractivity contribution is 0.0954. The Morgan fingerprint density at radius 2 is 1.86 bits per heavy atom. The number of rotatable bonds is 9. The van der Waals surface area contributed by atoms with Crippen molar-refractivity contribution < 1.29 is 9.53 Å². The van der Waals surface area contributed by atoms with Gasteiger partial charge in [0.15, 0.2) is 0 Å². The van der Waals surface area contributed by atoms with E-state index in [1.54, 1.807) is 0 Å². The summed E-state index contributed by atoms with van der Waals surface area (Å²) in [6.45, 7) is 1.16. The van der Waals surface area contributed by atoms with Crippen LogP contribution in [0.2, 0.25) is 0 Å². The molecule has 0 fully saturated rings. The van der Waals surface area contributed by atoms with Crippen LogP contribution in [-0.2, 0) is 12.8 Å². The van der Waals surface area contributed by atoms with Gasteiger partial charge < -0.3 is 15.8 Å². The molecule has 3 aromatic rings. The van der Waals surface area contributed by atoms with Gasteiger partial charge in [0.2, 0.25) is 0 Å². The lowest BCUT2D eigenvalue weighted by Crippen LogP contribution is -2.26. The average molecular weight is 376 g/mol. The number of aryl methyl sites for hydroxylation is 1. The molecule has 0 atom stereocenters. The van der Waals surface area contributed by atoms with Crippen molar-refractivity contribution in [3.63, 3.8) is 0 Å². The zero-order valence-electron chi connectivity index (χ0n) is 15.7. The first kappa shape index (κ1) is 19.4. The third-order valence-electron chi connectivity index (χ3n) is 4.31. The second-order valence-corrected chi connectivity index (χ2v) is 6.41. The smallest absolute Gasteiger partial charge is 0.256 e. The van der Waals surface area contributed by atoms with Gasteiger partial charge in [-0.25, -0.2) is 9.97 Å². The molecule has 0 saturated heterocycles.